The Balaban J connectivity index is 2.06. The lowest BCUT2D eigenvalue weighted by Crippen LogP contribution is -2.48. The molecule has 0 saturated carbocycles. The first-order chi connectivity index (χ1) is 12.0. The SMILES string of the molecule is Cn1ncc(C(=O)NNC(C)(C)C)c1COc1ccc(C(F)(F)F)cc1. The van der Waals surface area contributed by atoms with Crippen LogP contribution in [0.4, 0.5) is 13.2 Å². The van der Waals surface area contributed by atoms with E-state index in [0.29, 0.717) is 11.3 Å². The average molecular weight is 370 g/mol. The number of nitrogens with zero attached hydrogens (tertiary/aromatic N) is 2. The van der Waals surface area contributed by atoms with Gasteiger partial charge >= 0.3 is 6.18 Å². The summed E-state index contributed by atoms with van der Waals surface area (Å²) >= 11 is 0. The Labute approximate surface area is 149 Å². The highest BCUT2D eigenvalue weighted by atomic mass is 19.4. The molecule has 0 atom stereocenters. The number of rotatable bonds is 5. The molecular formula is C17H21F3N4O2. The molecule has 6 nitrogen and oxygen atoms in total. The van der Waals surface area contributed by atoms with Gasteiger partial charge in [0.05, 0.1) is 23.0 Å². The molecule has 2 aromatic rings. The van der Waals surface area contributed by atoms with Crippen molar-refractivity contribution in [3.8, 4) is 5.75 Å². The van der Waals surface area contributed by atoms with Gasteiger partial charge in [0.2, 0.25) is 0 Å². The molecule has 1 aromatic heterocycles. The summed E-state index contributed by atoms with van der Waals surface area (Å²) in [6.07, 6.45) is -2.99. The fourth-order valence-corrected chi connectivity index (χ4v) is 2.03. The first kappa shape index (κ1) is 19.8. The molecule has 0 bridgehead atoms. The number of amides is 1. The molecule has 0 radical (unpaired) electrons. The predicted molar refractivity (Wildman–Crippen MR) is 89.3 cm³/mol. The van der Waals surface area contributed by atoms with Crippen molar-refractivity contribution in [1.82, 2.24) is 20.6 Å². The van der Waals surface area contributed by atoms with Crippen molar-refractivity contribution >= 4 is 5.91 Å². The second kappa shape index (κ2) is 7.36. The van der Waals surface area contributed by atoms with Crippen LogP contribution in [0.2, 0.25) is 0 Å². The molecular weight excluding hydrogens is 349 g/mol. The van der Waals surface area contributed by atoms with E-state index < -0.39 is 11.7 Å². The quantitative estimate of drug-likeness (QED) is 0.794. The number of alkyl halides is 3. The summed E-state index contributed by atoms with van der Waals surface area (Å²) in [6.45, 7) is 5.67. The zero-order valence-electron chi connectivity index (χ0n) is 14.9. The molecule has 0 aliphatic heterocycles. The molecule has 0 saturated heterocycles. The van der Waals surface area contributed by atoms with Gasteiger partial charge in [0.25, 0.3) is 5.91 Å². The number of carbonyl (C=O) groups excluding carboxylic acids is 1. The van der Waals surface area contributed by atoms with E-state index in [9.17, 15) is 18.0 Å². The van der Waals surface area contributed by atoms with Gasteiger partial charge in [0, 0.05) is 12.6 Å². The van der Waals surface area contributed by atoms with Crippen LogP contribution in [0.15, 0.2) is 30.5 Å². The maximum atomic E-state index is 12.6. The number of ether oxygens (including phenoxy) is 1. The summed E-state index contributed by atoms with van der Waals surface area (Å²) in [6, 6.07) is 4.36. The van der Waals surface area contributed by atoms with E-state index in [2.05, 4.69) is 16.0 Å². The summed E-state index contributed by atoms with van der Waals surface area (Å²) < 4.78 is 44.7. The van der Waals surface area contributed by atoms with E-state index in [1.165, 1.54) is 23.0 Å². The second-order valence-electron chi connectivity index (χ2n) is 6.77. The Kier molecular flexibility index (Phi) is 5.60. The van der Waals surface area contributed by atoms with Crippen molar-refractivity contribution in [1.29, 1.82) is 0 Å². The highest BCUT2D eigenvalue weighted by Crippen LogP contribution is 2.30. The van der Waals surface area contributed by atoms with Crippen molar-refractivity contribution in [2.45, 2.75) is 39.1 Å². The lowest BCUT2D eigenvalue weighted by Gasteiger charge is -2.21. The van der Waals surface area contributed by atoms with Gasteiger partial charge in [-0.15, -0.1) is 0 Å². The van der Waals surface area contributed by atoms with Crippen molar-refractivity contribution in [3.63, 3.8) is 0 Å². The minimum atomic E-state index is -4.40. The lowest BCUT2D eigenvalue weighted by atomic mass is 10.1. The van der Waals surface area contributed by atoms with Gasteiger partial charge in [-0.25, -0.2) is 5.43 Å². The third-order valence-electron chi connectivity index (χ3n) is 3.41. The maximum Gasteiger partial charge on any atom is 0.416 e. The summed E-state index contributed by atoms with van der Waals surface area (Å²) in [7, 11) is 1.65. The second-order valence-corrected chi connectivity index (χ2v) is 6.77. The third-order valence-corrected chi connectivity index (χ3v) is 3.41. The van der Waals surface area contributed by atoms with Gasteiger partial charge < -0.3 is 4.74 Å². The Bertz CT molecular complexity index is 762. The summed E-state index contributed by atoms with van der Waals surface area (Å²) in [4.78, 5) is 12.3. The number of hydrazine groups is 1. The van der Waals surface area contributed by atoms with E-state index in [1.807, 2.05) is 20.8 Å². The van der Waals surface area contributed by atoms with E-state index in [4.69, 9.17) is 4.74 Å². The molecule has 0 fully saturated rings. The van der Waals surface area contributed by atoms with Crippen LogP contribution in [0.1, 0.15) is 42.4 Å². The smallest absolute Gasteiger partial charge is 0.416 e. The van der Waals surface area contributed by atoms with Gasteiger partial charge in [-0.05, 0) is 45.0 Å². The number of carbonyl (C=O) groups is 1. The van der Waals surface area contributed by atoms with Crippen molar-refractivity contribution in [2.75, 3.05) is 0 Å². The molecule has 2 rings (SSSR count). The Hall–Kier alpha value is -2.55. The molecule has 0 spiro atoms. The highest BCUT2D eigenvalue weighted by Gasteiger charge is 2.30. The average Bonchev–Trinajstić information content (AvgIpc) is 2.90. The van der Waals surface area contributed by atoms with Gasteiger partial charge in [-0.2, -0.15) is 18.3 Å². The van der Waals surface area contributed by atoms with Gasteiger partial charge in [0.15, 0.2) is 0 Å². The largest absolute Gasteiger partial charge is 0.487 e. The Morgan fingerprint density at radius 1 is 1.19 bits per heavy atom. The predicted octanol–water partition coefficient (Wildman–Crippen LogP) is 3.05. The number of hydrogen-bond donors (Lipinski definition) is 2. The van der Waals surface area contributed by atoms with E-state index >= 15 is 0 Å². The minimum absolute atomic E-state index is 0.0138. The summed E-state index contributed by atoms with van der Waals surface area (Å²) in [5.41, 5.74) is 5.21. The topological polar surface area (TPSA) is 68.2 Å². The molecule has 9 heteroatoms. The maximum absolute atomic E-state index is 12.6. The van der Waals surface area contributed by atoms with E-state index in [1.54, 1.807) is 7.05 Å². The molecule has 1 aromatic carbocycles. The van der Waals surface area contributed by atoms with Crippen LogP contribution < -0.4 is 15.6 Å². The summed E-state index contributed by atoms with van der Waals surface area (Å²) in [5.74, 6) is -0.114. The number of benzene rings is 1. The number of aromatic nitrogens is 2. The number of hydrogen-bond acceptors (Lipinski definition) is 4. The first-order valence-electron chi connectivity index (χ1n) is 7.86. The van der Waals surface area contributed by atoms with Crippen LogP contribution in [0.3, 0.4) is 0 Å². The molecule has 0 unspecified atom stereocenters. The molecule has 2 N–H and O–H groups in total. The number of nitrogens with one attached hydrogen (secondary N) is 2. The molecule has 26 heavy (non-hydrogen) atoms. The highest BCUT2D eigenvalue weighted by molar-refractivity contribution is 5.94. The zero-order chi connectivity index (χ0) is 19.5. The minimum Gasteiger partial charge on any atom is -0.487 e. The van der Waals surface area contributed by atoms with Crippen LogP contribution in [0.5, 0.6) is 5.75 Å². The lowest BCUT2D eigenvalue weighted by molar-refractivity contribution is -0.137. The van der Waals surface area contributed by atoms with Crippen molar-refractivity contribution in [3.05, 3.63) is 47.3 Å². The van der Waals surface area contributed by atoms with Crippen LogP contribution in [0.25, 0.3) is 0 Å². The molecule has 1 amide bonds. The van der Waals surface area contributed by atoms with E-state index in [-0.39, 0.29) is 23.8 Å². The normalized spacial score (nSPS) is 12.1. The Morgan fingerprint density at radius 3 is 2.35 bits per heavy atom. The molecule has 1 heterocycles. The standard InChI is InChI=1S/C17H21F3N4O2/c1-16(2,3)23-22-15(25)13-9-21-24(4)14(13)10-26-12-7-5-11(6-8-12)17(18,19)20/h5-9,23H,10H2,1-4H3,(H,22,25). The first-order valence-corrected chi connectivity index (χ1v) is 7.86. The fourth-order valence-electron chi connectivity index (χ4n) is 2.03. The van der Waals surface area contributed by atoms with Crippen LogP contribution >= 0.6 is 0 Å². The third kappa shape index (κ3) is 5.22. The number of aryl methyl sites for hydroxylation is 1. The van der Waals surface area contributed by atoms with Gasteiger partial charge in [-0.1, -0.05) is 0 Å². The van der Waals surface area contributed by atoms with Crippen LogP contribution in [-0.2, 0) is 19.8 Å². The monoisotopic (exact) mass is 370 g/mol. The van der Waals surface area contributed by atoms with Gasteiger partial charge in [-0.3, -0.25) is 14.9 Å². The van der Waals surface area contributed by atoms with Crippen LogP contribution in [0, 0.1) is 0 Å². The van der Waals surface area contributed by atoms with Crippen molar-refractivity contribution in [2.24, 2.45) is 7.05 Å². The fraction of sp³-hybridized carbons (Fsp3) is 0.412. The number of halogens is 3. The molecule has 0 aliphatic carbocycles. The molecule has 0 aliphatic rings. The Morgan fingerprint density at radius 2 is 1.81 bits per heavy atom. The molecule has 142 valence electrons. The van der Waals surface area contributed by atoms with Gasteiger partial charge in [0.1, 0.15) is 12.4 Å². The van der Waals surface area contributed by atoms with Crippen molar-refractivity contribution < 1.29 is 22.7 Å². The zero-order valence-corrected chi connectivity index (χ0v) is 14.9. The van der Waals surface area contributed by atoms with E-state index in [0.717, 1.165) is 12.1 Å². The van der Waals surface area contributed by atoms with Crippen LogP contribution in [-0.4, -0.2) is 21.2 Å². The summed E-state index contributed by atoms with van der Waals surface area (Å²) in [5, 5.41) is 4.04.